The molecule has 0 saturated carbocycles. The van der Waals surface area contributed by atoms with E-state index in [1.165, 1.54) is 11.4 Å². The minimum atomic E-state index is -3.73. The highest BCUT2D eigenvalue weighted by Gasteiger charge is 2.23. The number of aryl methyl sites for hydroxylation is 2. The maximum atomic E-state index is 13.0. The fourth-order valence-corrected chi connectivity index (χ4v) is 4.67. The van der Waals surface area contributed by atoms with Crippen LogP contribution in [0.25, 0.3) is 0 Å². The molecule has 0 radical (unpaired) electrons. The molecule has 0 saturated heterocycles. The van der Waals surface area contributed by atoms with Crippen molar-refractivity contribution in [3.8, 4) is 0 Å². The first-order valence-corrected chi connectivity index (χ1v) is 11.2. The third-order valence-corrected chi connectivity index (χ3v) is 7.00. The molecular formula is C24H26N2O3S. The molecule has 0 aliphatic carbocycles. The number of sulfonamides is 1. The van der Waals surface area contributed by atoms with Crippen molar-refractivity contribution in [2.45, 2.75) is 31.7 Å². The van der Waals surface area contributed by atoms with Gasteiger partial charge in [0.05, 0.1) is 16.6 Å². The Hall–Kier alpha value is -3.12. The van der Waals surface area contributed by atoms with Gasteiger partial charge in [-0.25, -0.2) is 8.42 Å². The van der Waals surface area contributed by atoms with Crippen molar-refractivity contribution in [1.82, 2.24) is 5.32 Å². The summed E-state index contributed by atoms with van der Waals surface area (Å²) in [6.45, 7) is 5.76. The third kappa shape index (κ3) is 4.39. The summed E-state index contributed by atoms with van der Waals surface area (Å²) in [6.07, 6.45) is 0. The number of benzene rings is 3. The minimum absolute atomic E-state index is 0.172. The van der Waals surface area contributed by atoms with E-state index >= 15 is 0 Å². The van der Waals surface area contributed by atoms with Gasteiger partial charge in [0.25, 0.3) is 15.9 Å². The topological polar surface area (TPSA) is 66.5 Å². The van der Waals surface area contributed by atoms with Gasteiger partial charge in [-0.05, 0) is 61.7 Å². The van der Waals surface area contributed by atoms with Crippen molar-refractivity contribution < 1.29 is 13.2 Å². The number of anilines is 1. The summed E-state index contributed by atoms with van der Waals surface area (Å²) < 4.78 is 27.2. The molecule has 0 spiro atoms. The zero-order chi connectivity index (χ0) is 21.9. The Labute approximate surface area is 178 Å². The Morgan fingerprint density at radius 2 is 1.53 bits per heavy atom. The van der Waals surface area contributed by atoms with Gasteiger partial charge in [0.1, 0.15) is 0 Å². The number of carbonyl (C=O) groups excluding carboxylic acids is 1. The van der Waals surface area contributed by atoms with Gasteiger partial charge in [-0.2, -0.15) is 0 Å². The van der Waals surface area contributed by atoms with Crippen LogP contribution in [-0.4, -0.2) is 21.4 Å². The normalized spacial score (nSPS) is 12.3. The average Bonchev–Trinajstić information content (AvgIpc) is 2.74. The molecule has 30 heavy (non-hydrogen) atoms. The van der Waals surface area contributed by atoms with Crippen LogP contribution in [0.4, 0.5) is 5.69 Å². The van der Waals surface area contributed by atoms with E-state index in [4.69, 9.17) is 0 Å². The highest BCUT2D eigenvalue weighted by atomic mass is 32.2. The van der Waals surface area contributed by atoms with Crippen molar-refractivity contribution in [2.75, 3.05) is 11.4 Å². The van der Waals surface area contributed by atoms with Crippen LogP contribution < -0.4 is 9.62 Å². The molecule has 6 heteroatoms. The van der Waals surface area contributed by atoms with Gasteiger partial charge < -0.3 is 5.32 Å². The van der Waals surface area contributed by atoms with E-state index in [0.29, 0.717) is 11.3 Å². The largest absolute Gasteiger partial charge is 0.346 e. The number of hydrogen-bond donors (Lipinski definition) is 1. The Balaban J connectivity index is 1.88. The van der Waals surface area contributed by atoms with Crippen molar-refractivity contribution in [1.29, 1.82) is 0 Å². The lowest BCUT2D eigenvalue weighted by atomic mass is 10.0. The molecule has 156 valence electrons. The maximum Gasteiger partial charge on any atom is 0.264 e. The molecule has 1 atom stereocenters. The molecule has 3 aromatic carbocycles. The molecule has 1 amide bonds. The van der Waals surface area contributed by atoms with Crippen LogP contribution >= 0.6 is 0 Å². The molecule has 0 heterocycles. The van der Waals surface area contributed by atoms with Gasteiger partial charge in [0.15, 0.2) is 0 Å². The molecule has 0 aliphatic rings. The highest BCUT2D eigenvalue weighted by molar-refractivity contribution is 7.92. The van der Waals surface area contributed by atoms with Gasteiger partial charge in [0.2, 0.25) is 0 Å². The van der Waals surface area contributed by atoms with Crippen LogP contribution in [0.15, 0.2) is 77.7 Å². The summed E-state index contributed by atoms with van der Waals surface area (Å²) in [5.74, 6) is -0.252. The lowest BCUT2D eigenvalue weighted by molar-refractivity contribution is 0.0940. The summed E-state index contributed by atoms with van der Waals surface area (Å²) in [4.78, 5) is 13.1. The van der Waals surface area contributed by atoms with Gasteiger partial charge >= 0.3 is 0 Å². The fourth-order valence-electron chi connectivity index (χ4n) is 3.40. The second-order valence-corrected chi connectivity index (χ2v) is 9.31. The maximum absolute atomic E-state index is 13.0. The molecule has 0 bridgehead atoms. The number of amides is 1. The Morgan fingerprint density at radius 3 is 2.20 bits per heavy atom. The van der Waals surface area contributed by atoms with Crippen molar-refractivity contribution in [2.24, 2.45) is 0 Å². The van der Waals surface area contributed by atoms with Crippen LogP contribution in [-0.2, 0) is 10.0 Å². The van der Waals surface area contributed by atoms with Crippen molar-refractivity contribution >= 4 is 21.6 Å². The first-order valence-electron chi connectivity index (χ1n) is 9.73. The predicted octanol–water partition coefficient (Wildman–Crippen LogP) is 4.62. The number of carbonyl (C=O) groups is 1. The number of nitrogens with one attached hydrogen (secondary N) is 1. The van der Waals surface area contributed by atoms with Gasteiger partial charge in [-0.3, -0.25) is 9.10 Å². The summed E-state index contributed by atoms with van der Waals surface area (Å²) in [6, 6.07) is 21.1. The lowest BCUT2D eigenvalue weighted by Crippen LogP contribution is -2.29. The van der Waals surface area contributed by atoms with Gasteiger partial charge in [-0.1, -0.05) is 48.5 Å². The van der Waals surface area contributed by atoms with E-state index in [0.717, 1.165) is 16.7 Å². The zero-order valence-electron chi connectivity index (χ0n) is 17.6. The first-order chi connectivity index (χ1) is 14.2. The molecular weight excluding hydrogens is 396 g/mol. The predicted molar refractivity (Wildman–Crippen MR) is 120 cm³/mol. The SMILES string of the molecule is Cc1ccccc1[C@H](C)NC(=O)c1ccc(C)c(N(C)S(=O)(=O)c2ccccc2)c1. The quantitative estimate of drug-likeness (QED) is 0.630. The van der Waals surface area contributed by atoms with E-state index in [1.807, 2.05) is 45.0 Å². The lowest BCUT2D eigenvalue weighted by Gasteiger charge is -2.22. The summed E-state index contributed by atoms with van der Waals surface area (Å²) in [5, 5.41) is 3.00. The van der Waals surface area contributed by atoms with E-state index in [-0.39, 0.29) is 16.8 Å². The molecule has 1 N–H and O–H groups in total. The molecule has 3 aromatic rings. The minimum Gasteiger partial charge on any atom is -0.346 e. The monoisotopic (exact) mass is 422 g/mol. The average molecular weight is 423 g/mol. The number of nitrogens with zero attached hydrogens (tertiary/aromatic N) is 1. The van der Waals surface area contributed by atoms with Crippen LogP contribution in [0, 0.1) is 13.8 Å². The van der Waals surface area contributed by atoms with Gasteiger partial charge in [0, 0.05) is 12.6 Å². The summed E-state index contributed by atoms with van der Waals surface area (Å²) in [5.41, 5.74) is 3.78. The van der Waals surface area contributed by atoms with E-state index < -0.39 is 10.0 Å². The van der Waals surface area contributed by atoms with Crippen molar-refractivity contribution in [3.05, 3.63) is 95.1 Å². The Morgan fingerprint density at radius 1 is 0.900 bits per heavy atom. The summed E-state index contributed by atoms with van der Waals surface area (Å²) >= 11 is 0. The summed E-state index contributed by atoms with van der Waals surface area (Å²) in [7, 11) is -2.22. The second-order valence-electron chi connectivity index (χ2n) is 7.34. The van der Waals surface area contributed by atoms with E-state index in [9.17, 15) is 13.2 Å². The van der Waals surface area contributed by atoms with Crippen molar-refractivity contribution in [3.63, 3.8) is 0 Å². The van der Waals surface area contributed by atoms with Crippen LogP contribution in [0.3, 0.4) is 0 Å². The molecule has 0 aromatic heterocycles. The molecule has 5 nitrogen and oxygen atoms in total. The van der Waals surface area contributed by atoms with Crippen LogP contribution in [0.2, 0.25) is 0 Å². The number of rotatable bonds is 6. The zero-order valence-corrected chi connectivity index (χ0v) is 18.4. The standard InChI is InChI=1S/C24H26N2O3S/c1-17-10-8-9-13-22(17)19(3)25-24(27)20-15-14-18(2)23(16-20)26(4)30(28,29)21-11-6-5-7-12-21/h5-16,19H,1-4H3,(H,25,27)/t19-/m0/s1. The highest BCUT2D eigenvalue weighted by Crippen LogP contribution is 2.27. The molecule has 0 aliphatic heterocycles. The second kappa shape index (κ2) is 8.71. The smallest absolute Gasteiger partial charge is 0.264 e. The molecule has 0 unspecified atom stereocenters. The van der Waals surface area contributed by atoms with Crippen LogP contribution in [0.5, 0.6) is 0 Å². The first kappa shape index (κ1) is 21.6. The van der Waals surface area contributed by atoms with Crippen LogP contribution in [0.1, 0.15) is 40.0 Å². The van der Waals surface area contributed by atoms with E-state index in [2.05, 4.69) is 5.32 Å². The fraction of sp³-hybridized carbons (Fsp3) is 0.208. The molecule has 0 fully saturated rings. The van der Waals surface area contributed by atoms with Gasteiger partial charge in [-0.15, -0.1) is 0 Å². The number of hydrogen-bond acceptors (Lipinski definition) is 3. The van der Waals surface area contributed by atoms with E-state index in [1.54, 1.807) is 48.5 Å². The molecule has 3 rings (SSSR count). The third-order valence-electron chi connectivity index (χ3n) is 5.21. The Bertz CT molecular complexity index is 1160. The Kier molecular flexibility index (Phi) is 6.27.